The van der Waals surface area contributed by atoms with Crippen molar-refractivity contribution in [2.75, 3.05) is 5.32 Å². The van der Waals surface area contributed by atoms with Crippen LogP contribution in [-0.4, -0.2) is 20.3 Å². The molecule has 0 saturated carbocycles. The minimum atomic E-state index is -4.47. The number of para-hydroxylation sites is 1. The smallest absolute Gasteiger partial charge is 0.350 e. The van der Waals surface area contributed by atoms with E-state index in [-0.39, 0.29) is 11.6 Å². The number of fused-ring (bicyclic) bond motifs is 1. The lowest BCUT2D eigenvalue weighted by Crippen LogP contribution is -2.20. The molecule has 1 unspecified atom stereocenters. The molecular formula is C23H21F3N4O. The predicted molar refractivity (Wildman–Crippen MR) is 113 cm³/mol. The van der Waals surface area contributed by atoms with Crippen LogP contribution >= 0.6 is 0 Å². The van der Waals surface area contributed by atoms with E-state index in [9.17, 15) is 18.0 Å². The van der Waals surface area contributed by atoms with E-state index < -0.39 is 17.7 Å². The number of amides is 1. The number of carbonyl (C=O) groups excluding carboxylic acids is 1. The number of alkyl halides is 3. The molecule has 0 spiro atoms. The molecule has 1 N–H and O–H groups in total. The maximum atomic E-state index is 13.1. The molecule has 0 aliphatic carbocycles. The number of nitrogens with one attached hydrogen (secondary N) is 1. The second-order valence-electron chi connectivity index (χ2n) is 7.55. The van der Waals surface area contributed by atoms with Crippen molar-refractivity contribution in [3.63, 3.8) is 0 Å². The highest BCUT2D eigenvalue weighted by Gasteiger charge is 2.31. The van der Waals surface area contributed by atoms with Crippen LogP contribution in [0, 0.1) is 6.92 Å². The number of hydrogen-bond donors (Lipinski definition) is 1. The van der Waals surface area contributed by atoms with Gasteiger partial charge in [-0.15, -0.1) is 0 Å². The molecule has 5 nitrogen and oxygen atoms in total. The molecule has 1 atom stereocenters. The van der Waals surface area contributed by atoms with E-state index in [2.05, 4.69) is 10.4 Å². The van der Waals surface area contributed by atoms with Gasteiger partial charge in [0.15, 0.2) is 0 Å². The summed E-state index contributed by atoms with van der Waals surface area (Å²) in [5.74, 6) is -0.436. The maximum absolute atomic E-state index is 13.1. The van der Waals surface area contributed by atoms with Gasteiger partial charge in [0.25, 0.3) is 0 Å². The van der Waals surface area contributed by atoms with E-state index >= 15 is 0 Å². The fourth-order valence-electron chi connectivity index (χ4n) is 3.69. The zero-order chi connectivity index (χ0) is 22.3. The zero-order valence-corrected chi connectivity index (χ0v) is 17.2. The number of anilines is 1. The summed E-state index contributed by atoms with van der Waals surface area (Å²) in [5.41, 5.74) is 1.90. The lowest BCUT2D eigenvalue weighted by atomic mass is 10.00. The number of nitrogens with zero attached hydrogens (tertiary/aromatic N) is 3. The molecule has 8 heteroatoms. The standard InChI is InChI=1S/C23H21F3N4O/c1-14-11-21(30(28-14)17-8-6-7-16(12-17)23(24,25)26)27-22(31)15(2)19-13-29(3)20-10-5-4-9-18(19)20/h4-13,15H,1-3H3,(H,27,31). The summed E-state index contributed by atoms with van der Waals surface area (Å²) in [7, 11) is 1.92. The zero-order valence-electron chi connectivity index (χ0n) is 17.2. The average Bonchev–Trinajstić information content (AvgIpc) is 3.27. The van der Waals surface area contributed by atoms with Gasteiger partial charge in [-0.3, -0.25) is 4.79 Å². The fourth-order valence-corrected chi connectivity index (χ4v) is 3.69. The largest absolute Gasteiger partial charge is 0.416 e. The third-order valence-corrected chi connectivity index (χ3v) is 5.29. The summed E-state index contributed by atoms with van der Waals surface area (Å²) in [5, 5.41) is 8.09. The van der Waals surface area contributed by atoms with Gasteiger partial charge in [0, 0.05) is 30.2 Å². The molecule has 0 fully saturated rings. The molecule has 2 aromatic carbocycles. The van der Waals surface area contributed by atoms with Crippen LogP contribution in [0.4, 0.5) is 19.0 Å². The molecular weight excluding hydrogens is 405 g/mol. The van der Waals surface area contributed by atoms with Crippen molar-refractivity contribution in [1.82, 2.24) is 14.3 Å². The van der Waals surface area contributed by atoms with Crippen molar-refractivity contribution in [3.8, 4) is 5.69 Å². The van der Waals surface area contributed by atoms with E-state index in [1.165, 1.54) is 16.8 Å². The minimum absolute atomic E-state index is 0.219. The van der Waals surface area contributed by atoms with Gasteiger partial charge in [-0.25, -0.2) is 4.68 Å². The first-order chi connectivity index (χ1) is 14.6. The summed E-state index contributed by atoms with van der Waals surface area (Å²) in [6.07, 6.45) is -2.55. The predicted octanol–water partition coefficient (Wildman–Crippen LogP) is 5.43. The Labute approximate surface area is 177 Å². The quantitative estimate of drug-likeness (QED) is 0.473. The Hall–Kier alpha value is -3.55. The first-order valence-corrected chi connectivity index (χ1v) is 9.74. The molecule has 1 amide bonds. The number of benzene rings is 2. The number of carbonyl (C=O) groups is 1. The normalized spacial score (nSPS) is 12.8. The van der Waals surface area contributed by atoms with Crippen molar-refractivity contribution in [2.45, 2.75) is 25.9 Å². The van der Waals surface area contributed by atoms with E-state index in [1.54, 1.807) is 19.9 Å². The van der Waals surface area contributed by atoms with Gasteiger partial charge in [0.2, 0.25) is 5.91 Å². The number of rotatable bonds is 4. The summed E-state index contributed by atoms with van der Waals surface area (Å²) in [6.45, 7) is 3.52. The molecule has 4 aromatic rings. The van der Waals surface area contributed by atoms with E-state index in [1.807, 2.05) is 42.1 Å². The van der Waals surface area contributed by atoms with Crippen LogP contribution in [0.5, 0.6) is 0 Å². The van der Waals surface area contributed by atoms with E-state index in [4.69, 9.17) is 0 Å². The van der Waals surface area contributed by atoms with Crippen molar-refractivity contribution in [2.24, 2.45) is 7.05 Å². The van der Waals surface area contributed by atoms with Gasteiger partial charge in [-0.05, 0) is 43.7 Å². The second kappa shape index (κ2) is 7.61. The molecule has 0 aliphatic rings. The van der Waals surface area contributed by atoms with Gasteiger partial charge in [-0.1, -0.05) is 24.3 Å². The van der Waals surface area contributed by atoms with E-state index in [0.717, 1.165) is 28.6 Å². The van der Waals surface area contributed by atoms with Crippen LogP contribution in [0.15, 0.2) is 60.8 Å². The number of hydrogen-bond acceptors (Lipinski definition) is 2. The molecule has 2 heterocycles. The topological polar surface area (TPSA) is 51.9 Å². The van der Waals surface area contributed by atoms with Crippen LogP contribution in [0.25, 0.3) is 16.6 Å². The molecule has 0 saturated heterocycles. The van der Waals surface area contributed by atoms with Crippen LogP contribution in [0.3, 0.4) is 0 Å². The number of aromatic nitrogens is 3. The molecule has 4 rings (SSSR count). The number of aryl methyl sites for hydroxylation is 2. The third-order valence-electron chi connectivity index (χ3n) is 5.29. The molecule has 31 heavy (non-hydrogen) atoms. The van der Waals surface area contributed by atoms with Crippen LogP contribution in [0.2, 0.25) is 0 Å². The van der Waals surface area contributed by atoms with E-state index in [0.29, 0.717) is 11.5 Å². The summed E-state index contributed by atoms with van der Waals surface area (Å²) in [6, 6.07) is 14.3. The van der Waals surface area contributed by atoms with Gasteiger partial charge in [0.1, 0.15) is 5.82 Å². The average molecular weight is 426 g/mol. The summed E-state index contributed by atoms with van der Waals surface area (Å²) >= 11 is 0. The number of halogens is 3. The molecule has 0 aliphatic heterocycles. The third kappa shape index (κ3) is 3.93. The van der Waals surface area contributed by atoms with Crippen molar-refractivity contribution in [1.29, 1.82) is 0 Å². The van der Waals surface area contributed by atoms with Crippen molar-refractivity contribution < 1.29 is 18.0 Å². The van der Waals surface area contributed by atoms with Gasteiger partial charge in [0.05, 0.1) is 22.9 Å². The maximum Gasteiger partial charge on any atom is 0.416 e. The molecule has 0 radical (unpaired) electrons. The minimum Gasteiger partial charge on any atom is -0.350 e. The lowest BCUT2D eigenvalue weighted by Gasteiger charge is -2.14. The Morgan fingerprint density at radius 3 is 2.58 bits per heavy atom. The van der Waals surface area contributed by atoms with Crippen LogP contribution in [0.1, 0.15) is 29.7 Å². The lowest BCUT2D eigenvalue weighted by molar-refractivity contribution is -0.137. The Morgan fingerprint density at radius 2 is 1.84 bits per heavy atom. The second-order valence-corrected chi connectivity index (χ2v) is 7.55. The van der Waals surface area contributed by atoms with Crippen LogP contribution < -0.4 is 5.32 Å². The molecule has 160 valence electrons. The SMILES string of the molecule is Cc1cc(NC(=O)C(C)c2cn(C)c3ccccc23)n(-c2cccc(C(F)(F)F)c2)n1. The highest BCUT2D eigenvalue weighted by molar-refractivity contribution is 5.98. The van der Waals surface area contributed by atoms with Gasteiger partial charge in [-0.2, -0.15) is 18.3 Å². The highest BCUT2D eigenvalue weighted by atomic mass is 19.4. The molecule has 2 aromatic heterocycles. The Bertz CT molecular complexity index is 1270. The Kier molecular flexibility index (Phi) is 5.08. The Morgan fingerprint density at radius 1 is 1.10 bits per heavy atom. The first-order valence-electron chi connectivity index (χ1n) is 9.74. The van der Waals surface area contributed by atoms with Crippen molar-refractivity contribution in [3.05, 3.63) is 77.6 Å². The monoisotopic (exact) mass is 426 g/mol. The molecule has 0 bridgehead atoms. The fraction of sp³-hybridized carbons (Fsp3) is 0.217. The summed E-state index contributed by atoms with van der Waals surface area (Å²) < 4.78 is 42.6. The van der Waals surface area contributed by atoms with Crippen molar-refractivity contribution >= 4 is 22.6 Å². The first kappa shape index (κ1) is 20.7. The van der Waals surface area contributed by atoms with Gasteiger partial charge >= 0.3 is 6.18 Å². The summed E-state index contributed by atoms with van der Waals surface area (Å²) in [4.78, 5) is 13.0. The van der Waals surface area contributed by atoms with Gasteiger partial charge < -0.3 is 9.88 Å². The Balaban J connectivity index is 1.65. The van der Waals surface area contributed by atoms with Crippen LogP contribution in [-0.2, 0) is 18.0 Å². The highest BCUT2D eigenvalue weighted by Crippen LogP contribution is 2.32.